The lowest BCUT2D eigenvalue weighted by Crippen LogP contribution is -2.32. The van der Waals surface area contributed by atoms with Crippen LogP contribution in [0.15, 0.2) is 33.8 Å². The van der Waals surface area contributed by atoms with Crippen molar-refractivity contribution in [2.75, 3.05) is 13.2 Å². The topological polar surface area (TPSA) is 89.2 Å². The summed E-state index contributed by atoms with van der Waals surface area (Å²) in [4.78, 5) is 21.9. The normalized spacial score (nSPS) is 17.8. The van der Waals surface area contributed by atoms with Crippen molar-refractivity contribution in [2.45, 2.75) is 32.0 Å². The molecule has 4 heterocycles. The van der Waals surface area contributed by atoms with Gasteiger partial charge >= 0.3 is 0 Å². The highest BCUT2D eigenvalue weighted by molar-refractivity contribution is 5.72. The summed E-state index contributed by atoms with van der Waals surface area (Å²) in [5.41, 5.74) is 0.428. The van der Waals surface area contributed by atoms with Gasteiger partial charge < -0.3 is 14.1 Å². The third-order valence-electron chi connectivity index (χ3n) is 4.47. The Kier molecular flexibility index (Phi) is 4.37. The molecule has 0 spiro atoms. The molecular weight excluding hydrogens is 322 g/mol. The Morgan fingerprint density at radius 2 is 2.36 bits per heavy atom. The van der Waals surface area contributed by atoms with Gasteiger partial charge in [-0.25, -0.2) is 4.98 Å². The molecule has 1 N–H and O–H groups in total. The maximum atomic E-state index is 12.2. The number of aryl methyl sites for hydroxylation is 1. The van der Waals surface area contributed by atoms with Crippen LogP contribution < -0.4 is 5.56 Å². The zero-order valence-corrected chi connectivity index (χ0v) is 14.1. The van der Waals surface area contributed by atoms with E-state index in [2.05, 4.69) is 20.0 Å². The van der Waals surface area contributed by atoms with Gasteiger partial charge in [-0.05, 0) is 25.0 Å². The lowest BCUT2D eigenvalue weighted by molar-refractivity contribution is 0.0645. The van der Waals surface area contributed by atoms with E-state index in [-0.39, 0.29) is 11.7 Å². The maximum Gasteiger partial charge on any atom is 0.262 e. The predicted molar refractivity (Wildman–Crippen MR) is 90.9 cm³/mol. The van der Waals surface area contributed by atoms with E-state index in [1.807, 2.05) is 12.1 Å². The van der Waals surface area contributed by atoms with E-state index in [1.54, 1.807) is 18.0 Å². The molecule has 132 valence electrons. The number of hydrogen-bond donors (Lipinski definition) is 1. The highest BCUT2D eigenvalue weighted by atomic mass is 16.5. The van der Waals surface area contributed by atoms with Gasteiger partial charge in [0.2, 0.25) is 0 Å². The van der Waals surface area contributed by atoms with Crippen molar-refractivity contribution in [3.8, 4) is 0 Å². The van der Waals surface area contributed by atoms with Crippen molar-refractivity contribution in [3.63, 3.8) is 0 Å². The standard InChI is InChI=1S/C17H21N5O3/c1-21-16-14(8-18-21)17(23)20-15(19-16)11-22(9-12-4-2-6-24-12)10-13-5-3-7-25-13/h2,4,6,8,13H,3,5,7,9-11H2,1H3,(H,19,20,23). The zero-order chi connectivity index (χ0) is 17.2. The zero-order valence-electron chi connectivity index (χ0n) is 14.1. The van der Waals surface area contributed by atoms with Crippen molar-refractivity contribution < 1.29 is 9.15 Å². The molecule has 25 heavy (non-hydrogen) atoms. The van der Waals surface area contributed by atoms with Gasteiger partial charge in [-0.2, -0.15) is 5.10 Å². The second kappa shape index (κ2) is 6.81. The number of furan rings is 1. The predicted octanol–water partition coefficient (Wildman–Crippen LogP) is 1.43. The monoisotopic (exact) mass is 343 g/mol. The molecule has 0 radical (unpaired) electrons. The van der Waals surface area contributed by atoms with Crippen molar-refractivity contribution in [1.82, 2.24) is 24.6 Å². The minimum Gasteiger partial charge on any atom is -0.468 e. The van der Waals surface area contributed by atoms with E-state index in [0.717, 1.165) is 31.8 Å². The molecule has 1 fully saturated rings. The Bertz CT molecular complexity index is 893. The van der Waals surface area contributed by atoms with Gasteiger partial charge in [-0.1, -0.05) is 0 Å². The molecule has 1 saturated heterocycles. The number of aromatic amines is 1. The number of nitrogens with one attached hydrogen (secondary N) is 1. The summed E-state index contributed by atoms with van der Waals surface area (Å²) in [5, 5.41) is 4.61. The molecule has 0 aliphatic carbocycles. The molecule has 8 nitrogen and oxygen atoms in total. The van der Waals surface area contributed by atoms with Crippen molar-refractivity contribution in [3.05, 3.63) is 46.5 Å². The van der Waals surface area contributed by atoms with Crippen LogP contribution in [0, 0.1) is 0 Å². The van der Waals surface area contributed by atoms with Crippen molar-refractivity contribution in [1.29, 1.82) is 0 Å². The molecular formula is C17H21N5O3. The van der Waals surface area contributed by atoms with E-state index in [1.165, 1.54) is 6.20 Å². The highest BCUT2D eigenvalue weighted by Gasteiger charge is 2.21. The maximum absolute atomic E-state index is 12.2. The van der Waals surface area contributed by atoms with Crippen LogP contribution in [0.3, 0.4) is 0 Å². The first-order valence-corrected chi connectivity index (χ1v) is 8.46. The first-order chi connectivity index (χ1) is 12.2. The van der Waals surface area contributed by atoms with Gasteiger partial charge in [-0.3, -0.25) is 14.4 Å². The van der Waals surface area contributed by atoms with Gasteiger partial charge in [0.15, 0.2) is 5.65 Å². The number of fused-ring (bicyclic) bond motifs is 1. The minimum atomic E-state index is -0.164. The van der Waals surface area contributed by atoms with Gasteiger partial charge in [0, 0.05) is 20.2 Å². The lowest BCUT2D eigenvalue weighted by Gasteiger charge is -2.23. The second-order valence-electron chi connectivity index (χ2n) is 6.40. The second-order valence-corrected chi connectivity index (χ2v) is 6.40. The van der Waals surface area contributed by atoms with Gasteiger partial charge in [0.25, 0.3) is 5.56 Å². The molecule has 3 aromatic rings. The molecule has 1 unspecified atom stereocenters. The molecule has 8 heteroatoms. The summed E-state index contributed by atoms with van der Waals surface area (Å²) < 4.78 is 12.9. The van der Waals surface area contributed by atoms with Gasteiger partial charge in [0.1, 0.15) is 17.0 Å². The Balaban J connectivity index is 1.58. The fraction of sp³-hybridized carbons (Fsp3) is 0.471. The number of H-pyrrole nitrogens is 1. The SMILES string of the molecule is Cn1ncc2c(=O)[nH]c(CN(Cc3ccco3)CC3CCCO3)nc21. The lowest BCUT2D eigenvalue weighted by atomic mass is 10.2. The summed E-state index contributed by atoms with van der Waals surface area (Å²) in [7, 11) is 1.78. The first kappa shape index (κ1) is 16.0. The Labute approximate surface area is 144 Å². The molecule has 1 aliphatic rings. The molecule has 0 saturated carbocycles. The van der Waals surface area contributed by atoms with Crippen LogP contribution in [0.25, 0.3) is 11.0 Å². The van der Waals surface area contributed by atoms with Crippen LogP contribution in [0.1, 0.15) is 24.4 Å². The molecule has 0 bridgehead atoms. The quantitative estimate of drug-likeness (QED) is 0.728. The number of nitrogens with zero attached hydrogens (tertiary/aromatic N) is 4. The number of rotatable bonds is 6. The van der Waals surface area contributed by atoms with Crippen molar-refractivity contribution in [2.24, 2.45) is 7.05 Å². The average Bonchev–Trinajstić information content (AvgIpc) is 3.32. The van der Waals surface area contributed by atoms with Crippen LogP contribution in [-0.2, 0) is 24.9 Å². The Hall–Kier alpha value is -2.45. The van der Waals surface area contributed by atoms with E-state index < -0.39 is 0 Å². The summed E-state index contributed by atoms with van der Waals surface area (Å²) in [6.45, 7) is 2.74. The Morgan fingerprint density at radius 1 is 1.44 bits per heavy atom. The van der Waals surface area contributed by atoms with Gasteiger partial charge in [-0.15, -0.1) is 0 Å². The molecule has 3 aromatic heterocycles. The van der Waals surface area contributed by atoms with Crippen LogP contribution >= 0.6 is 0 Å². The fourth-order valence-corrected chi connectivity index (χ4v) is 3.25. The van der Waals surface area contributed by atoms with E-state index >= 15 is 0 Å². The highest BCUT2D eigenvalue weighted by Crippen LogP contribution is 2.17. The number of hydrogen-bond acceptors (Lipinski definition) is 6. The fourth-order valence-electron chi connectivity index (χ4n) is 3.25. The van der Waals surface area contributed by atoms with Crippen molar-refractivity contribution >= 4 is 11.0 Å². The number of aromatic nitrogens is 4. The van der Waals surface area contributed by atoms with Crippen LogP contribution in [0.5, 0.6) is 0 Å². The largest absolute Gasteiger partial charge is 0.468 e. The molecule has 0 amide bonds. The summed E-state index contributed by atoms with van der Waals surface area (Å²) in [6.07, 6.45) is 5.57. The third kappa shape index (κ3) is 3.49. The summed E-state index contributed by atoms with van der Waals surface area (Å²) in [6, 6.07) is 3.82. The minimum absolute atomic E-state index is 0.164. The average molecular weight is 343 g/mol. The molecule has 1 aliphatic heterocycles. The van der Waals surface area contributed by atoms with Gasteiger partial charge in [0.05, 0.1) is 31.7 Å². The third-order valence-corrected chi connectivity index (χ3v) is 4.47. The molecule has 1 atom stereocenters. The first-order valence-electron chi connectivity index (χ1n) is 8.46. The summed E-state index contributed by atoms with van der Waals surface area (Å²) >= 11 is 0. The Morgan fingerprint density at radius 3 is 3.12 bits per heavy atom. The molecule has 0 aromatic carbocycles. The molecule has 4 rings (SSSR count). The van der Waals surface area contributed by atoms with E-state index in [4.69, 9.17) is 9.15 Å². The van der Waals surface area contributed by atoms with Crippen LogP contribution in [0.2, 0.25) is 0 Å². The number of ether oxygens (including phenoxy) is 1. The van der Waals surface area contributed by atoms with E-state index in [0.29, 0.717) is 29.9 Å². The van der Waals surface area contributed by atoms with E-state index in [9.17, 15) is 4.79 Å². The summed E-state index contributed by atoms with van der Waals surface area (Å²) in [5.74, 6) is 1.49. The van der Waals surface area contributed by atoms with Crippen LogP contribution in [-0.4, -0.2) is 43.9 Å². The van der Waals surface area contributed by atoms with Crippen LogP contribution in [0.4, 0.5) is 0 Å². The smallest absolute Gasteiger partial charge is 0.262 e.